The van der Waals surface area contributed by atoms with Crippen LogP contribution in [-0.2, 0) is 4.79 Å². The van der Waals surface area contributed by atoms with Crippen LogP contribution >= 0.6 is 11.6 Å². The third-order valence-corrected chi connectivity index (χ3v) is 3.34. The van der Waals surface area contributed by atoms with Crippen LogP contribution in [0.5, 0.6) is 5.75 Å². The number of nitrogens with one attached hydrogen (secondary N) is 2. The number of methoxy groups -OCH3 is 1. The van der Waals surface area contributed by atoms with Gasteiger partial charge in [0.2, 0.25) is 5.91 Å². The van der Waals surface area contributed by atoms with Crippen molar-refractivity contribution in [3.8, 4) is 5.75 Å². The predicted octanol–water partition coefficient (Wildman–Crippen LogP) is 4.02. The van der Waals surface area contributed by atoms with Gasteiger partial charge in [0.05, 0.1) is 19.3 Å². The highest BCUT2D eigenvalue weighted by Gasteiger charge is 2.07. The van der Waals surface area contributed by atoms with E-state index >= 15 is 0 Å². The van der Waals surface area contributed by atoms with Gasteiger partial charge in [-0.05, 0) is 55.3 Å². The van der Waals surface area contributed by atoms with Gasteiger partial charge in [0.1, 0.15) is 5.75 Å². The standard InChI is InChI=1S/C17H19ClN2O2/c1-11-6-12(2)8-14(7-11)20-17(21)10-19-15-9-13(18)4-5-16(15)22-3/h4-9,19H,10H2,1-3H3,(H,20,21). The fourth-order valence-electron chi connectivity index (χ4n) is 2.25. The van der Waals surface area contributed by atoms with Crippen molar-refractivity contribution in [2.45, 2.75) is 13.8 Å². The number of amides is 1. The van der Waals surface area contributed by atoms with E-state index in [0.717, 1.165) is 16.8 Å². The predicted molar refractivity (Wildman–Crippen MR) is 91.0 cm³/mol. The molecule has 2 aromatic rings. The molecule has 2 rings (SSSR count). The van der Waals surface area contributed by atoms with E-state index in [1.54, 1.807) is 25.3 Å². The highest BCUT2D eigenvalue weighted by molar-refractivity contribution is 6.30. The monoisotopic (exact) mass is 318 g/mol. The van der Waals surface area contributed by atoms with E-state index in [1.807, 2.05) is 26.0 Å². The molecule has 0 radical (unpaired) electrons. The number of anilines is 2. The van der Waals surface area contributed by atoms with Crippen molar-refractivity contribution >= 4 is 28.9 Å². The molecule has 0 aliphatic rings. The summed E-state index contributed by atoms with van der Waals surface area (Å²) in [7, 11) is 1.57. The van der Waals surface area contributed by atoms with Gasteiger partial charge in [0.25, 0.3) is 0 Å². The van der Waals surface area contributed by atoms with Gasteiger partial charge in [-0.3, -0.25) is 4.79 Å². The van der Waals surface area contributed by atoms with Crippen LogP contribution in [0.15, 0.2) is 36.4 Å². The van der Waals surface area contributed by atoms with Crippen molar-refractivity contribution in [2.75, 3.05) is 24.3 Å². The molecule has 0 unspecified atom stereocenters. The second kappa shape index (κ2) is 7.18. The van der Waals surface area contributed by atoms with Gasteiger partial charge in [-0.25, -0.2) is 0 Å². The first-order chi connectivity index (χ1) is 10.5. The molecule has 0 aromatic heterocycles. The third-order valence-electron chi connectivity index (χ3n) is 3.11. The Labute approximate surface area is 135 Å². The van der Waals surface area contributed by atoms with Gasteiger partial charge in [0.15, 0.2) is 0 Å². The van der Waals surface area contributed by atoms with Crippen molar-refractivity contribution in [2.24, 2.45) is 0 Å². The Kier molecular flexibility index (Phi) is 5.28. The largest absolute Gasteiger partial charge is 0.495 e. The topological polar surface area (TPSA) is 50.4 Å². The fourth-order valence-corrected chi connectivity index (χ4v) is 2.42. The van der Waals surface area contributed by atoms with Crippen molar-refractivity contribution < 1.29 is 9.53 Å². The maximum atomic E-state index is 12.0. The van der Waals surface area contributed by atoms with Crippen LogP contribution in [0.25, 0.3) is 0 Å². The number of aryl methyl sites for hydroxylation is 2. The molecule has 0 saturated heterocycles. The number of carbonyl (C=O) groups excluding carboxylic acids is 1. The first kappa shape index (κ1) is 16.2. The lowest BCUT2D eigenvalue weighted by atomic mass is 10.1. The zero-order valence-electron chi connectivity index (χ0n) is 12.9. The lowest BCUT2D eigenvalue weighted by molar-refractivity contribution is -0.114. The van der Waals surface area contributed by atoms with Crippen molar-refractivity contribution in [3.63, 3.8) is 0 Å². The van der Waals surface area contributed by atoms with Gasteiger partial charge < -0.3 is 15.4 Å². The molecule has 0 saturated carbocycles. The minimum atomic E-state index is -0.132. The Morgan fingerprint density at radius 1 is 1.14 bits per heavy atom. The second-order valence-corrected chi connectivity index (χ2v) is 5.56. The number of halogens is 1. The van der Waals surface area contributed by atoms with E-state index < -0.39 is 0 Å². The van der Waals surface area contributed by atoms with E-state index in [4.69, 9.17) is 16.3 Å². The first-order valence-corrected chi connectivity index (χ1v) is 7.31. The quantitative estimate of drug-likeness (QED) is 0.875. The molecule has 0 bridgehead atoms. The number of rotatable bonds is 5. The van der Waals surface area contributed by atoms with Crippen molar-refractivity contribution in [1.82, 2.24) is 0 Å². The number of carbonyl (C=O) groups is 1. The second-order valence-electron chi connectivity index (χ2n) is 5.12. The summed E-state index contributed by atoms with van der Waals surface area (Å²) in [5.74, 6) is 0.510. The van der Waals surface area contributed by atoms with Gasteiger partial charge in [-0.2, -0.15) is 0 Å². The first-order valence-electron chi connectivity index (χ1n) is 6.93. The molecule has 22 heavy (non-hydrogen) atoms. The number of hydrogen-bond donors (Lipinski definition) is 2. The number of benzene rings is 2. The summed E-state index contributed by atoms with van der Waals surface area (Å²) < 4.78 is 5.23. The fraction of sp³-hybridized carbons (Fsp3) is 0.235. The average Bonchev–Trinajstić information content (AvgIpc) is 2.44. The molecule has 0 spiro atoms. The molecule has 4 nitrogen and oxygen atoms in total. The van der Waals surface area contributed by atoms with Gasteiger partial charge >= 0.3 is 0 Å². The Hall–Kier alpha value is -2.20. The van der Waals surface area contributed by atoms with Crippen molar-refractivity contribution in [3.05, 3.63) is 52.5 Å². The highest BCUT2D eigenvalue weighted by atomic mass is 35.5. The van der Waals surface area contributed by atoms with Crippen LogP contribution in [0.1, 0.15) is 11.1 Å². The lowest BCUT2D eigenvalue weighted by Gasteiger charge is -2.12. The summed E-state index contributed by atoms with van der Waals surface area (Å²) in [6.45, 7) is 4.12. The van der Waals surface area contributed by atoms with E-state index in [1.165, 1.54) is 0 Å². The molecule has 1 amide bonds. The van der Waals surface area contributed by atoms with Crippen LogP contribution in [0.4, 0.5) is 11.4 Å². The summed E-state index contributed by atoms with van der Waals surface area (Å²) in [5.41, 5.74) is 3.70. The number of ether oxygens (including phenoxy) is 1. The summed E-state index contributed by atoms with van der Waals surface area (Å²) in [5, 5.41) is 6.48. The smallest absolute Gasteiger partial charge is 0.243 e. The molecule has 0 atom stereocenters. The minimum Gasteiger partial charge on any atom is -0.495 e. The molecule has 2 N–H and O–H groups in total. The molecule has 2 aromatic carbocycles. The maximum absolute atomic E-state index is 12.0. The van der Waals surface area contributed by atoms with Crippen LogP contribution in [-0.4, -0.2) is 19.6 Å². The summed E-state index contributed by atoms with van der Waals surface area (Å²) in [6.07, 6.45) is 0. The van der Waals surface area contributed by atoms with Crippen LogP contribution in [0.3, 0.4) is 0 Å². The van der Waals surface area contributed by atoms with E-state index in [-0.39, 0.29) is 12.5 Å². The van der Waals surface area contributed by atoms with E-state index in [2.05, 4.69) is 16.7 Å². The Morgan fingerprint density at radius 2 is 1.82 bits per heavy atom. The highest BCUT2D eigenvalue weighted by Crippen LogP contribution is 2.27. The normalized spacial score (nSPS) is 10.2. The molecular weight excluding hydrogens is 300 g/mol. The van der Waals surface area contributed by atoms with Gasteiger partial charge in [-0.1, -0.05) is 17.7 Å². The molecule has 116 valence electrons. The van der Waals surface area contributed by atoms with Crippen LogP contribution < -0.4 is 15.4 Å². The Balaban J connectivity index is 1.99. The molecule has 0 aliphatic carbocycles. The summed E-state index contributed by atoms with van der Waals surface area (Å²) in [4.78, 5) is 12.0. The van der Waals surface area contributed by atoms with E-state index in [9.17, 15) is 4.79 Å². The Morgan fingerprint density at radius 3 is 2.45 bits per heavy atom. The van der Waals surface area contributed by atoms with Gasteiger partial charge in [-0.15, -0.1) is 0 Å². The third kappa shape index (κ3) is 4.40. The molecule has 0 heterocycles. The van der Waals surface area contributed by atoms with Gasteiger partial charge in [0, 0.05) is 10.7 Å². The molecule has 0 aliphatic heterocycles. The number of hydrogen-bond acceptors (Lipinski definition) is 3. The summed E-state index contributed by atoms with van der Waals surface area (Å²) in [6, 6.07) is 11.2. The van der Waals surface area contributed by atoms with Crippen LogP contribution in [0.2, 0.25) is 5.02 Å². The summed E-state index contributed by atoms with van der Waals surface area (Å²) >= 11 is 5.96. The lowest BCUT2D eigenvalue weighted by Crippen LogP contribution is -2.22. The molecular formula is C17H19ClN2O2. The Bertz CT molecular complexity index is 666. The zero-order chi connectivity index (χ0) is 16.1. The van der Waals surface area contributed by atoms with Crippen LogP contribution in [0, 0.1) is 13.8 Å². The molecule has 5 heteroatoms. The SMILES string of the molecule is COc1ccc(Cl)cc1NCC(=O)Nc1cc(C)cc(C)c1. The zero-order valence-corrected chi connectivity index (χ0v) is 13.6. The average molecular weight is 319 g/mol. The van der Waals surface area contributed by atoms with E-state index in [0.29, 0.717) is 16.5 Å². The molecule has 0 fully saturated rings. The minimum absolute atomic E-state index is 0.129. The van der Waals surface area contributed by atoms with Crippen molar-refractivity contribution in [1.29, 1.82) is 0 Å². The maximum Gasteiger partial charge on any atom is 0.243 e.